The molecule has 1 amide bonds. The molecule has 3 aromatic heterocycles. The van der Waals surface area contributed by atoms with Crippen LogP contribution in [0.4, 0.5) is 16.3 Å². The lowest BCUT2D eigenvalue weighted by Gasteiger charge is -2.16. The molecular weight excluding hydrogens is 399 g/mol. The van der Waals surface area contributed by atoms with Gasteiger partial charge in [-0.25, -0.2) is 19.3 Å². The Bertz CT molecular complexity index is 1180. The first-order chi connectivity index (χ1) is 14.0. The lowest BCUT2D eigenvalue weighted by atomic mass is 10.1. The van der Waals surface area contributed by atoms with Crippen molar-refractivity contribution in [3.63, 3.8) is 0 Å². The summed E-state index contributed by atoms with van der Waals surface area (Å²) in [7, 11) is 0. The largest absolute Gasteiger partial charge is 0.493 e. The van der Waals surface area contributed by atoms with Crippen molar-refractivity contribution in [2.24, 2.45) is 0 Å². The van der Waals surface area contributed by atoms with Crippen molar-refractivity contribution >= 4 is 40.7 Å². The standard InChI is InChI=1S/C17H13FN8O2S/c18-9-3-1-8(2-4-9)12(14(28)25-17-20-6-5-10(27)23-17)29-15-11-13(22-7-21-11)24-16(19)26-15/h1-7,12H,(H3,19,21,22,24,26)(H2,20,23,25,27,28)/t12-/m0/s1. The number of nitrogens with one attached hydrogen (secondary N) is 2. The van der Waals surface area contributed by atoms with Gasteiger partial charge >= 0.3 is 0 Å². The average Bonchev–Trinajstić information content (AvgIpc) is 3.15. The summed E-state index contributed by atoms with van der Waals surface area (Å²) in [4.78, 5) is 35.8. The van der Waals surface area contributed by atoms with Crippen LogP contribution in [0.15, 0.2) is 47.9 Å². The summed E-state index contributed by atoms with van der Waals surface area (Å²) in [6.45, 7) is 0. The Labute approximate surface area is 166 Å². The number of anilines is 2. The van der Waals surface area contributed by atoms with Gasteiger partial charge in [0, 0.05) is 12.3 Å². The molecule has 10 nitrogen and oxygen atoms in total. The van der Waals surface area contributed by atoms with E-state index < -0.39 is 17.0 Å². The molecule has 1 atom stereocenters. The highest BCUT2D eigenvalue weighted by molar-refractivity contribution is 8.00. The Hall–Kier alpha value is -3.80. The van der Waals surface area contributed by atoms with Crippen molar-refractivity contribution < 1.29 is 14.3 Å². The number of carbonyl (C=O) groups excluding carboxylic acids is 1. The Balaban J connectivity index is 1.71. The molecule has 0 spiro atoms. The first-order valence-corrected chi connectivity index (χ1v) is 9.09. The van der Waals surface area contributed by atoms with Crippen molar-refractivity contribution in [3.8, 4) is 5.88 Å². The third-order valence-corrected chi connectivity index (χ3v) is 5.03. The molecule has 0 aliphatic rings. The number of aromatic nitrogens is 6. The predicted molar refractivity (Wildman–Crippen MR) is 103 cm³/mol. The number of H-pyrrole nitrogens is 1. The number of amides is 1. The number of carbonyl (C=O) groups is 1. The van der Waals surface area contributed by atoms with Crippen LogP contribution < -0.4 is 11.1 Å². The number of fused-ring (bicyclic) bond motifs is 1. The first kappa shape index (κ1) is 18.6. The lowest BCUT2D eigenvalue weighted by molar-refractivity contribution is -0.115. The van der Waals surface area contributed by atoms with Gasteiger partial charge in [0.1, 0.15) is 21.6 Å². The lowest BCUT2D eigenvalue weighted by Crippen LogP contribution is -2.20. The number of benzene rings is 1. The molecule has 4 rings (SSSR count). The van der Waals surface area contributed by atoms with Crippen LogP contribution in [0.1, 0.15) is 10.8 Å². The van der Waals surface area contributed by atoms with Crippen LogP contribution in [-0.2, 0) is 4.79 Å². The van der Waals surface area contributed by atoms with Gasteiger partial charge in [0.15, 0.2) is 5.65 Å². The normalized spacial score (nSPS) is 12.0. The molecule has 4 aromatic rings. The third-order valence-electron chi connectivity index (χ3n) is 3.79. The second-order valence-corrected chi connectivity index (χ2v) is 6.86. The van der Waals surface area contributed by atoms with E-state index in [4.69, 9.17) is 5.73 Å². The molecule has 0 radical (unpaired) electrons. The predicted octanol–water partition coefficient (Wildman–Crippen LogP) is 2.04. The highest BCUT2D eigenvalue weighted by Crippen LogP contribution is 2.37. The molecule has 0 aliphatic heterocycles. The molecule has 146 valence electrons. The smallest absolute Gasteiger partial charge is 0.244 e. The highest BCUT2D eigenvalue weighted by atomic mass is 32.2. The number of hydrogen-bond donors (Lipinski definition) is 4. The topological polar surface area (TPSA) is 156 Å². The Morgan fingerprint density at radius 2 is 1.97 bits per heavy atom. The van der Waals surface area contributed by atoms with Crippen LogP contribution in [0.3, 0.4) is 0 Å². The molecule has 3 heterocycles. The molecular formula is C17H13FN8O2S. The summed E-state index contributed by atoms with van der Waals surface area (Å²) in [5.74, 6) is -1.30. The van der Waals surface area contributed by atoms with Crippen molar-refractivity contribution in [2.75, 3.05) is 11.1 Å². The molecule has 29 heavy (non-hydrogen) atoms. The van der Waals surface area contributed by atoms with Gasteiger partial charge in [-0.15, -0.1) is 0 Å². The number of thioether (sulfide) groups is 1. The molecule has 12 heteroatoms. The average molecular weight is 412 g/mol. The SMILES string of the molecule is Nc1nc(S[C@H](C(=O)Nc2nccc(O)n2)c2ccc(F)cc2)c2[nH]cnc2n1. The molecule has 0 saturated heterocycles. The monoisotopic (exact) mass is 412 g/mol. The van der Waals surface area contributed by atoms with E-state index in [0.717, 1.165) is 11.8 Å². The number of aromatic amines is 1. The highest BCUT2D eigenvalue weighted by Gasteiger charge is 2.26. The van der Waals surface area contributed by atoms with Gasteiger partial charge in [0.2, 0.25) is 23.7 Å². The number of hydrogen-bond acceptors (Lipinski definition) is 9. The zero-order valence-electron chi connectivity index (χ0n) is 14.6. The summed E-state index contributed by atoms with van der Waals surface area (Å²) < 4.78 is 13.4. The van der Waals surface area contributed by atoms with E-state index >= 15 is 0 Å². The maximum absolute atomic E-state index is 13.4. The fourth-order valence-electron chi connectivity index (χ4n) is 2.52. The Morgan fingerprint density at radius 3 is 2.72 bits per heavy atom. The minimum Gasteiger partial charge on any atom is -0.493 e. The number of nitrogens with zero attached hydrogens (tertiary/aromatic N) is 5. The van der Waals surface area contributed by atoms with E-state index in [-0.39, 0.29) is 17.8 Å². The van der Waals surface area contributed by atoms with E-state index in [9.17, 15) is 14.3 Å². The van der Waals surface area contributed by atoms with Crippen molar-refractivity contribution in [1.82, 2.24) is 29.9 Å². The number of nitrogens with two attached hydrogens (primary N) is 1. The minimum atomic E-state index is -0.859. The van der Waals surface area contributed by atoms with Gasteiger partial charge < -0.3 is 15.8 Å². The van der Waals surface area contributed by atoms with Crippen LogP contribution in [0.2, 0.25) is 0 Å². The van der Waals surface area contributed by atoms with Gasteiger partial charge in [-0.05, 0) is 17.7 Å². The second-order valence-electron chi connectivity index (χ2n) is 5.77. The molecule has 0 aliphatic carbocycles. The summed E-state index contributed by atoms with van der Waals surface area (Å²) in [5, 5.41) is 11.6. The number of aromatic hydroxyl groups is 1. The molecule has 5 N–H and O–H groups in total. The van der Waals surface area contributed by atoms with Gasteiger partial charge in [-0.1, -0.05) is 23.9 Å². The summed E-state index contributed by atoms with van der Waals surface area (Å²) >= 11 is 1.07. The molecule has 0 saturated carbocycles. The third kappa shape index (κ3) is 4.06. The summed E-state index contributed by atoms with van der Waals surface area (Å²) in [6.07, 6.45) is 2.74. The van der Waals surface area contributed by atoms with Crippen molar-refractivity contribution in [1.29, 1.82) is 0 Å². The van der Waals surface area contributed by atoms with Crippen LogP contribution in [-0.4, -0.2) is 40.9 Å². The Kier molecular flexibility index (Phi) is 4.91. The quantitative estimate of drug-likeness (QED) is 0.284. The number of rotatable bonds is 5. The maximum Gasteiger partial charge on any atom is 0.244 e. The molecule has 0 bridgehead atoms. The summed E-state index contributed by atoms with van der Waals surface area (Å²) in [6, 6.07) is 6.76. The van der Waals surface area contributed by atoms with Crippen LogP contribution in [0.25, 0.3) is 11.2 Å². The van der Waals surface area contributed by atoms with Crippen LogP contribution in [0, 0.1) is 5.82 Å². The van der Waals surface area contributed by atoms with Crippen LogP contribution in [0.5, 0.6) is 5.88 Å². The molecule has 0 fully saturated rings. The van der Waals surface area contributed by atoms with Gasteiger partial charge in [-0.3, -0.25) is 10.1 Å². The zero-order valence-corrected chi connectivity index (χ0v) is 15.4. The number of nitrogen functional groups attached to an aromatic ring is 1. The molecule has 1 aromatic carbocycles. The van der Waals surface area contributed by atoms with E-state index in [0.29, 0.717) is 21.8 Å². The van der Waals surface area contributed by atoms with Crippen molar-refractivity contribution in [3.05, 3.63) is 54.2 Å². The van der Waals surface area contributed by atoms with Crippen molar-refractivity contribution in [2.45, 2.75) is 10.3 Å². The zero-order chi connectivity index (χ0) is 20.4. The fraction of sp³-hybridized carbons (Fsp3) is 0.0588. The van der Waals surface area contributed by atoms with Crippen LogP contribution >= 0.6 is 11.8 Å². The van der Waals surface area contributed by atoms with Gasteiger partial charge in [0.05, 0.1) is 6.33 Å². The minimum absolute atomic E-state index is 0.00155. The van der Waals surface area contributed by atoms with E-state index in [1.165, 1.54) is 42.9 Å². The number of imidazole rings is 1. The Morgan fingerprint density at radius 1 is 1.17 bits per heavy atom. The second kappa shape index (κ2) is 7.67. The van der Waals surface area contributed by atoms with Gasteiger partial charge in [-0.2, -0.15) is 9.97 Å². The summed E-state index contributed by atoms with van der Waals surface area (Å²) in [5.41, 5.74) is 7.13. The van der Waals surface area contributed by atoms with E-state index in [2.05, 4.69) is 35.2 Å². The van der Waals surface area contributed by atoms with Gasteiger partial charge in [0.25, 0.3) is 0 Å². The first-order valence-electron chi connectivity index (χ1n) is 8.21. The number of halogens is 1. The fourth-order valence-corrected chi connectivity index (χ4v) is 3.61. The van der Waals surface area contributed by atoms with E-state index in [1.807, 2.05) is 0 Å². The van der Waals surface area contributed by atoms with E-state index in [1.54, 1.807) is 0 Å². The maximum atomic E-state index is 13.4. The molecule has 0 unspecified atom stereocenters.